The van der Waals surface area contributed by atoms with Gasteiger partial charge in [-0.1, -0.05) is 0 Å². The van der Waals surface area contributed by atoms with Crippen molar-refractivity contribution in [1.29, 1.82) is 0 Å². The van der Waals surface area contributed by atoms with Crippen LogP contribution in [0.4, 0.5) is 79.0 Å². The quantitative estimate of drug-likeness (QED) is 0.185. The third kappa shape index (κ3) is 13.6. The van der Waals surface area contributed by atoms with E-state index in [1.54, 1.807) is 0 Å². The predicted molar refractivity (Wildman–Crippen MR) is 69.8 cm³/mol. The molecule has 0 rings (SSSR count). The molecular formula is C12H4F18FeO4. The molecule has 0 fully saturated rings. The molecule has 0 aromatic heterocycles. The van der Waals surface area contributed by atoms with Crippen LogP contribution in [0.2, 0.25) is 0 Å². The minimum atomic E-state index is -6.77. The van der Waals surface area contributed by atoms with E-state index in [9.17, 15) is 79.0 Å². The van der Waals surface area contributed by atoms with Crippen LogP contribution in [0.5, 0.6) is 0 Å². The summed E-state index contributed by atoms with van der Waals surface area (Å²) in [6.07, 6.45) is -22.0. The smallest absolute Gasteiger partial charge is 0.545 e. The first-order chi connectivity index (χ1) is 14.9. The molecule has 0 aliphatic carbocycles. The van der Waals surface area contributed by atoms with Crippen molar-refractivity contribution < 1.29 is 115 Å². The third-order valence-electron chi connectivity index (χ3n) is 1.98. The number of rotatable bonds is 4. The molecule has 0 spiro atoms. The minimum absolute atomic E-state index is 0. The summed E-state index contributed by atoms with van der Waals surface area (Å²) in [4.78, 5) is 31.0. The third-order valence-corrected chi connectivity index (χ3v) is 1.98. The van der Waals surface area contributed by atoms with Crippen molar-refractivity contribution in [2.45, 2.75) is 36.0 Å². The molecule has 0 aliphatic heterocycles. The molecule has 0 aromatic carbocycles. The van der Waals surface area contributed by atoms with E-state index in [0.29, 0.717) is 0 Å². The average molecular weight is 610 g/mol. The fourth-order valence-electron chi connectivity index (χ4n) is 0.593. The molecule has 0 atom stereocenters. The maximum atomic E-state index is 11.6. The van der Waals surface area contributed by atoms with Gasteiger partial charge in [0.1, 0.15) is 0 Å². The van der Waals surface area contributed by atoms with Gasteiger partial charge >= 0.3 is 41.3 Å². The Morgan fingerprint density at radius 1 is 0.371 bits per heavy atom. The van der Waals surface area contributed by atoms with Gasteiger partial charge in [0.05, 0.1) is 12.9 Å². The van der Waals surface area contributed by atoms with E-state index in [1.807, 2.05) is 0 Å². The second-order valence-electron chi connectivity index (χ2n) is 3.81. The summed E-state index contributed by atoms with van der Waals surface area (Å²) in [5.41, 5.74) is 0. The first kappa shape index (κ1) is 49.9. The van der Waals surface area contributed by atoms with Crippen LogP contribution in [-0.2, 0) is 36.2 Å². The molecule has 35 heavy (non-hydrogen) atoms. The number of halogens is 18. The predicted octanol–water partition coefficient (Wildman–Crippen LogP) is 5.40. The van der Waals surface area contributed by atoms with E-state index in [1.165, 1.54) is 0 Å². The van der Waals surface area contributed by atoms with E-state index >= 15 is 0 Å². The van der Waals surface area contributed by atoms with E-state index in [0.717, 1.165) is 0 Å². The molecule has 0 saturated carbocycles. The normalized spacial score (nSPS) is 11.8. The standard InChI is InChI=1S/2C4F9.4CHO.Fe/c2*5-1(6)2(7,8)3(9,10)4(11,12)13;4*1-2;/h;;4*1H;/q6*-1;+6. The van der Waals surface area contributed by atoms with Crippen LogP contribution in [0.1, 0.15) is 0 Å². The van der Waals surface area contributed by atoms with Crippen LogP contribution >= 0.6 is 0 Å². The van der Waals surface area contributed by atoms with Gasteiger partial charge in [-0.15, -0.1) is 0 Å². The number of carbonyl (C=O) groups excluding carboxylic acids is 4. The summed E-state index contributed by atoms with van der Waals surface area (Å²) in [7, 11) is 0. The zero-order valence-electron chi connectivity index (χ0n) is 15.1. The van der Waals surface area contributed by atoms with Crippen molar-refractivity contribution in [3.8, 4) is 0 Å². The first-order valence-corrected chi connectivity index (χ1v) is 5.84. The maximum Gasteiger partial charge on any atom is 6.00 e. The summed E-state index contributed by atoms with van der Waals surface area (Å²) in [6.45, 7) is 13.0. The number of hydrogen-bond donors (Lipinski definition) is 0. The largest absolute Gasteiger partial charge is 6.00 e. The Hall–Kier alpha value is -2.06. The second kappa shape index (κ2) is 19.2. The van der Waals surface area contributed by atoms with Crippen molar-refractivity contribution in [3.63, 3.8) is 0 Å². The van der Waals surface area contributed by atoms with Crippen LogP contribution < -0.4 is 0 Å². The zero-order chi connectivity index (χ0) is 30.2. The molecule has 0 bridgehead atoms. The molecule has 0 heterocycles. The Morgan fingerprint density at radius 3 is 0.514 bits per heavy atom. The molecule has 0 unspecified atom stereocenters. The van der Waals surface area contributed by atoms with Crippen molar-refractivity contribution >= 4 is 27.2 Å². The Bertz CT molecular complexity index is 473. The van der Waals surface area contributed by atoms with Gasteiger partial charge < -0.3 is 36.7 Å². The Balaban J connectivity index is -0.0000000679. The zero-order valence-corrected chi connectivity index (χ0v) is 16.2. The van der Waals surface area contributed by atoms with Crippen LogP contribution in [0.25, 0.3) is 0 Å². The van der Waals surface area contributed by atoms with Gasteiger partial charge in [-0.25, -0.2) is 17.6 Å². The number of alkyl halides is 14. The summed E-state index contributed by atoms with van der Waals surface area (Å²) in [6, 6.07) is 0. The van der Waals surface area contributed by atoms with E-state index in [2.05, 4.69) is 27.2 Å². The number of hydrogen-bond acceptors (Lipinski definition) is 4. The van der Waals surface area contributed by atoms with Crippen molar-refractivity contribution in [1.82, 2.24) is 0 Å². The van der Waals surface area contributed by atoms with Gasteiger partial charge in [0.2, 0.25) is 0 Å². The first-order valence-electron chi connectivity index (χ1n) is 5.84. The molecule has 0 saturated heterocycles. The van der Waals surface area contributed by atoms with Gasteiger partial charge in [0.25, 0.3) is 11.8 Å². The van der Waals surface area contributed by atoms with Gasteiger partial charge in [-0.05, 0) is 0 Å². The molecule has 210 valence electrons. The van der Waals surface area contributed by atoms with Crippen molar-refractivity contribution in [2.75, 3.05) is 0 Å². The van der Waals surface area contributed by atoms with Crippen LogP contribution in [0, 0.1) is 12.9 Å². The maximum absolute atomic E-state index is 11.6. The molecule has 0 amide bonds. The van der Waals surface area contributed by atoms with Crippen molar-refractivity contribution in [2.24, 2.45) is 0 Å². The Labute approximate surface area is 192 Å². The summed E-state index contributed by atoms with van der Waals surface area (Å²) < 4.78 is 203. The van der Waals surface area contributed by atoms with Crippen LogP contribution in [-0.4, -0.2) is 63.2 Å². The van der Waals surface area contributed by atoms with Gasteiger partial charge in [0, 0.05) is 0 Å². The molecule has 0 aromatic rings. The minimum Gasteiger partial charge on any atom is -0.545 e. The molecule has 0 radical (unpaired) electrons. The monoisotopic (exact) mass is 610 g/mol. The SMILES string of the molecule is F[C-](F)C(F)(F)C(F)(F)C(F)(F)F.F[C-](F)C(F)(F)C(F)(F)C(F)(F)F.[CH-]=O.[CH-]=O.[CH-]=O.[CH-]=O.[Fe+6]. The molecule has 0 aliphatic rings. The fourth-order valence-corrected chi connectivity index (χ4v) is 0.593. The van der Waals surface area contributed by atoms with Gasteiger partial charge in [-0.3, -0.25) is 27.2 Å². The van der Waals surface area contributed by atoms with Crippen molar-refractivity contribution in [3.05, 3.63) is 12.9 Å². The van der Waals surface area contributed by atoms with E-state index in [-0.39, 0.29) is 17.1 Å². The van der Waals surface area contributed by atoms with Crippen LogP contribution in [0.3, 0.4) is 0 Å². The summed E-state index contributed by atoms with van der Waals surface area (Å²) >= 11 is 0. The molecular weight excluding hydrogens is 606 g/mol. The Morgan fingerprint density at radius 2 is 0.486 bits per heavy atom. The molecule has 0 N–H and O–H groups in total. The fraction of sp³-hybridized carbons (Fsp3) is 0.500. The van der Waals surface area contributed by atoms with Gasteiger partial charge in [0.15, 0.2) is 0 Å². The topological polar surface area (TPSA) is 68.3 Å². The van der Waals surface area contributed by atoms with E-state index in [4.69, 9.17) is 19.2 Å². The molecule has 4 nitrogen and oxygen atoms in total. The summed E-state index contributed by atoms with van der Waals surface area (Å²) in [5, 5.41) is 0. The average Bonchev–Trinajstić information content (AvgIpc) is 2.72. The van der Waals surface area contributed by atoms with Gasteiger partial charge in [-0.2, -0.15) is 43.9 Å². The summed E-state index contributed by atoms with van der Waals surface area (Å²) in [5.74, 6) is -26.5. The molecule has 23 heteroatoms. The Kier molecular flexibility index (Phi) is 27.3. The second-order valence-corrected chi connectivity index (χ2v) is 3.81. The van der Waals surface area contributed by atoms with E-state index < -0.39 is 48.9 Å². The van der Waals surface area contributed by atoms with Crippen LogP contribution in [0.15, 0.2) is 0 Å².